The highest BCUT2D eigenvalue weighted by Crippen LogP contribution is 2.32. The lowest BCUT2D eigenvalue weighted by molar-refractivity contribution is -0.135. The summed E-state index contributed by atoms with van der Waals surface area (Å²) in [5.74, 6) is 1.52. The smallest absolute Gasteiger partial charge is 0.225 e. The van der Waals surface area contributed by atoms with Crippen LogP contribution in [0.5, 0.6) is 0 Å². The molecule has 0 heterocycles. The molecule has 3 atom stereocenters. The molecule has 1 fully saturated rings. The molecule has 0 radical (unpaired) electrons. The standard InChI is InChI=1S/C13H26N2O/c1-4-10(2)9-15(3)13(16)12-7-5-6-11(12)8-14/h10-12H,4-9,14H2,1-3H3. The molecule has 3 nitrogen and oxygen atoms in total. The highest BCUT2D eigenvalue weighted by molar-refractivity contribution is 5.79. The van der Waals surface area contributed by atoms with Crippen LogP contribution < -0.4 is 5.73 Å². The van der Waals surface area contributed by atoms with Gasteiger partial charge in [-0.3, -0.25) is 4.79 Å². The fourth-order valence-electron chi connectivity index (χ4n) is 2.61. The van der Waals surface area contributed by atoms with Gasteiger partial charge >= 0.3 is 0 Å². The summed E-state index contributed by atoms with van der Waals surface area (Å²) in [4.78, 5) is 14.1. The van der Waals surface area contributed by atoms with E-state index in [0.717, 1.165) is 32.2 Å². The number of hydrogen-bond donors (Lipinski definition) is 1. The van der Waals surface area contributed by atoms with Crippen molar-refractivity contribution >= 4 is 5.91 Å². The molecule has 1 rings (SSSR count). The molecule has 1 aliphatic rings. The molecule has 3 heteroatoms. The van der Waals surface area contributed by atoms with Gasteiger partial charge in [-0.15, -0.1) is 0 Å². The van der Waals surface area contributed by atoms with Crippen LogP contribution in [-0.4, -0.2) is 30.9 Å². The van der Waals surface area contributed by atoms with Crippen LogP contribution in [0.2, 0.25) is 0 Å². The van der Waals surface area contributed by atoms with E-state index in [1.54, 1.807) is 0 Å². The lowest BCUT2D eigenvalue weighted by Gasteiger charge is -2.26. The van der Waals surface area contributed by atoms with E-state index in [2.05, 4.69) is 13.8 Å². The summed E-state index contributed by atoms with van der Waals surface area (Å²) < 4.78 is 0. The van der Waals surface area contributed by atoms with Crippen LogP contribution in [0.25, 0.3) is 0 Å². The van der Waals surface area contributed by atoms with E-state index in [4.69, 9.17) is 5.73 Å². The average Bonchev–Trinajstić information content (AvgIpc) is 2.75. The van der Waals surface area contributed by atoms with Crippen molar-refractivity contribution in [2.45, 2.75) is 39.5 Å². The quantitative estimate of drug-likeness (QED) is 0.778. The van der Waals surface area contributed by atoms with Crippen LogP contribution in [0.1, 0.15) is 39.5 Å². The van der Waals surface area contributed by atoms with Gasteiger partial charge in [0.25, 0.3) is 0 Å². The number of hydrogen-bond acceptors (Lipinski definition) is 2. The summed E-state index contributed by atoms with van der Waals surface area (Å²) >= 11 is 0. The maximum Gasteiger partial charge on any atom is 0.225 e. The maximum absolute atomic E-state index is 12.2. The number of rotatable bonds is 5. The Hall–Kier alpha value is -0.570. The normalized spacial score (nSPS) is 26.8. The second-order valence-electron chi connectivity index (χ2n) is 5.27. The third-order valence-electron chi connectivity index (χ3n) is 3.94. The van der Waals surface area contributed by atoms with Crippen LogP contribution in [0.15, 0.2) is 0 Å². The molecule has 2 N–H and O–H groups in total. The van der Waals surface area contributed by atoms with E-state index in [1.165, 1.54) is 0 Å². The number of nitrogens with two attached hydrogens (primary N) is 1. The zero-order valence-electron chi connectivity index (χ0n) is 10.9. The van der Waals surface area contributed by atoms with Gasteiger partial charge in [-0.1, -0.05) is 26.7 Å². The van der Waals surface area contributed by atoms with Gasteiger partial charge in [0.2, 0.25) is 5.91 Å². The molecule has 1 aliphatic carbocycles. The topological polar surface area (TPSA) is 46.3 Å². The van der Waals surface area contributed by atoms with E-state index in [0.29, 0.717) is 24.3 Å². The van der Waals surface area contributed by atoms with Crippen molar-refractivity contribution in [1.29, 1.82) is 0 Å². The first-order chi connectivity index (χ1) is 7.60. The van der Waals surface area contributed by atoms with Crippen molar-refractivity contribution in [1.82, 2.24) is 4.90 Å². The summed E-state index contributed by atoms with van der Waals surface area (Å²) in [5, 5.41) is 0. The average molecular weight is 226 g/mol. The minimum atomic E-state index is 0.194. The SMILES string of the molecule is CCC(C)CN(C)C(=O)C1CCCC1CN. The van der Waals surface area contributed by atoms with Crippen molar-refractivity contribution in [3.63, 3.8) is 0 Å². The van der Waals surface area contributed by atoms with E-state index < -0.39 is 0 Å². The van der Waals surface area contributed by atoms with Crippen molar-refractivity contribution in [2.24, 2.45) is 23.5 Å². The minimum Gasteiger partial charge on any atom is -0.345 e. The van der Waals surface area contributed by atoms with Gasteiger partial charge in [-0.25, -0.2) is 0 Å². The second kappa shape index (κ2) is 6.24. The zero-order chi connectivity index (χ0) is 12.1. The second-order valence-corrected chi connectivity index (χ2v) is 5.27. The maximum atomic E-state index is 12.2. The first-order valence-electron chi connectivity index (χ1n) is 6.55. The van der Waals surface area contributed by atoms with Gasteiger partial charge in [0.05, 0.1) is 0 Å². The number of carbonyl (C=O) groups excluding carboxylic acids is 1. The molecule has 0 aromatic carbocycles. The Kier molecular flexibility index (Phi) is 5.26. The van der Waals surface area contributed by atoms with Gasteiger partial charge in [0.1, 0.15) is 0 Å². The van der Waals surface area contributed by atoms with Crippen LogP contribution in [0.4, 0.5) is 0 Å². The summed E-state index contributed by atoms with van der Waals surface area (Å²) in [5.41, 5.74) is 5.72. The highest BCUT2D eigenvalue weighted by Gasteiger charge is 2.33. The van der Waals surface area contributed by atoms with Crippen LogP contribution in [0.3, 0.4) is 0 Å². The molecule has 0 aliphatic heterocycles. The van der Waals surface area contributed by atoms with Crippen molar-refractivity contribution in [2.75, 3.05) is 20.1 Å². The van der Waals surface area contributed by atoms with E-state index in [9.17, 15) is 4.79 Å². The van der Waals surface area contributed by atoms with Crippen LogP contribution in [-0.2, 0) is 4.79 Å². The van der Waals surface area contributed by atoms with Crippen LogP contribution >= 0.6 is 0 Å². The monoisotopic (exact) mass is 226 g/mol. The summed E-state index contributed by atoms with van der Waals surface area (Å²) in [6, 6.07) is 0. The largest absolute Gasteiger partial charge is 0.345 e. The molecule has 1 saturated carbocycles. The fourth-order valence-corrected chi connectivity index (χ4v) is 2.61. The Morgan fingerprint density at radius 1 is 1.50 bits per heavy atom. The molecule has 1 amide bonds. The minimum absolute atomic E-state index is 0.194. The third-order valence-corrected chi connectivity index (χ3v) is 3.94. The van der Waals surface area contributed by atoms with Gasteiger partial charge < -0.3 is 10.6 Å². The lowest BCUT2D eigenvalue weighted by Crippen LogP contribution is -2.38. The zero-order valence-corrected chi connectivity index (χ0v) is 10.9. The van der Waals surface area contributed by atoms with Crippen molar-refractivity contribution in [3.05, 3.63) is 0 Å². The Bertz CT molecular complexity index is 230. The Morgan fingerprint density at radius 3 is 2.75 bits per heavy atom. The lowest BCUT2D eigenvalue weighted by atomic mass is 9.94. The molecule has 0 aromatic heterocycles. The molecule has 0 spiro atoms. The van der Waals surface area contributed by atoms with Crippen molar-refractivity contribution in [3.8, 4) is 0 Å². The first kappa shape index (κ1) is 13.5. The molecule has 0 saturated heterocycles. The van der Waals surface area contributed by atoms with E-state index >= 15 is 0 Å². The predicted octanol–water partition coefficient (Wildman–Crippen LogP) is 1.87. The summed E-state index contributed by atoms with van der Waals surface area (Å²) in [6.45, 7) is 5.90. The molecule has 0 bridgehead atoms. The molecule has 3 unspecified atom stereocenters. The van der Waals surface area contributed by atoms with E-state index in [-0.39, 0.29) is 5.92 Å². The third kappa shape index (κ3) is 3.21. The van der Waals surface area contributed by atoms with Gasteiger partial charge in [-0.05, 0) is 31.2 Å². The molecular weight excluding hydrogens is 200 g/mol. The Morgan fingerprint density at radius 2 is 2.19 bits per heavy atom. The summed E-state index contributed by atoms with van der Waals surface area (Å²) in [6.07, 6.45) is 4.45. The molecule has 94 valence electrons. The van der Waals surface area contributed by atoms with Crippen molar-refractivity contribution < 1.29 is 4.79 Å². The Labute approximate surface area is 99.4 Å². The molecular formula is C13H26N2O. The Balaban J connectivity index is 2.49. The number of amides is 1. The molecule has 0 aromatic rings. The number of carbonyl (C=O) groups is 1. The highest BCUT2D eigenvalue weighted by atomic mass is 16.2. The van der Waals surface area contributed by atoms with E-state index in [1.807, 2.05) is 11.9 Å². The van der Waals surface area contributed by atoms with Gasteiger partial charge in [-0.2, -0.15) is 0 Å². The summed E-state index contributed by atoms with van der Waals surface area (Å²) in [7, 11) is 1.93. The van der Waals surface area contributed by atoms with Gasteiger partial charge in [0, 0.05) is 19.5 Å². The predicted molar refractivity (Wildman–Crippen MR) is 67.0 cm³/mol. The number of nitrogens with zero attached hydrogens (tertiary/aromatic N) is 1. The molecule has 16 heavy (non-hydrogen) atoms. The first-order valence-corrected chi connectivity index (χ1v) is 6.55. The fraction of sp³-hybridized carbons (Fsp3) is 0.923. The van der Waals surface area contributed by atoms with Gasteiger partial charge in [0.15, 0.2) is 0 Å². The van der Waals surface area contributed by atoms with Crippen LogP contribution in [0, 0.1) is 17.8 Å².